The predicted molar refractivity (Wildman–Crippen MR) is 97.8 cm³/mol. The summed E-state index contributed by atoms with van der Waals surface area (Å²) in [6.07, 6.45) is 3.31. The maximum absolute atomic E-state index is 12.4. The van der Waals surface area contributed by atoms with Gasteiger partial charge in [0, 0.05) is 29.9 Å². The average molecular weight is 352 g/mol. The van der Waals surface area contributed by atoms with Gasteiger partial charge < -0.3 is 5.32 Å². The molecule has 126 valence electrons. The first-order chi connectivity index (χ1) is 12.2. The lowest BCUT2D eigenvalue weighted by molar-refractivity contribution is -0.117. The first-order valence-corrected chi connectivity index (χ1v) is 8.97. The van der Waals surface area contributed by atoms with Crippen LogP contribution in [0.15, 0.2) is 41.9 Å². The molecule has 0 spiro atoms. The standard InChI is InChI=1S/C18H16N4O2S/c23-15(21-14-6-1-4-12-5-2-8-19-17(12)14)10-13-11-25-18(20-13)22-9-3-7-16(22)24/h1-2,4-6,8,11H,3,7,9-10H2,(H,21,23). The molecule has 1 aromatic carbocycles. The van der Waals surface area contributed by atoms with Crippen LogP contribution in [0.1, 0.15) is 18.5 Å². The van der Waals surface area contributed by atoms with Crippen LogP contribution in [0.2, 0.25) is 0 Å². The second kappa shape index (κ2) is 6.60. The highest BCUT2D eigenvalue weighted by Gasteiger charge is 2.24. The zero-order valence-electron chi connectivity index (χ0n) is 13.4. The molecule has 0 unspecified atom stereocenters. The van der Waals surface area contributed by atoms with Crippen molar-refractivity contribution >= 4 is 44.9 Å². The monoisotopic (exact) mass is 352 g/mol. The minimum absolute atomic E-state index is 0.104. The van der Waals surface area contributed by atoms with Crippen LogP contribution in [0.4, 0.5) is 10.8 Å². The number of hydrogen-bond acceptors (Lipinski definition) is 5. The van der Waals surface area contributed by atoms with Gasteiger partial charge in [0.1, 0.15) is 0 Å². The summed E-state index contributed by atoms with van der Waals surface area (Å²) in [5.41, 5.74) is 2.12. The molecule has 0 atom stereocenters. The van der Waals surface area contributed by atoms with Crippen LogP contribution in [-0.4, -0.2) is 28.3 Å². The van der Waals surface area contributed by atoms with E-state index < -0.39 is 0 Å². The van der Waals surface area contributed by atoms with Gasteiger partial charge in [-0.1, -0.05) is 18.2 Å². The Morgan fingerprint density at radius 1 is 1.28 bits per heavy atom. The summed E-state index contributed by atoms with van der Waals surface area (Å²) < 4.78 is 0. The van der Waals surface area contributed by atoms with Gasteiger partial charge in [-0.05, 0) is 18.6 Å². The van der Waals surface area contributed by atoms with E-state index in [4.69, 9.17) is 0 Å². The van der Waals surface area contributed by atoms with Crippen LogP contribution in [0.5, 0.6) is 0 Å². The Morgan fingerprint density at radius 3 is 3.00 bits per heavy atom. The minimum Gasteiger partial charge on any atom is -0.324 e. The quantitative estimate of drug-likeness (QED) is 0.783. The van der Waals surface area contributed by atoms with Crippen molar-refractivity contribution in [3.05, 3.63) is 47.6 Å². The third-order valence-electron chi connectivity index (χ3n) is 4.09. The molecular weight excluding hydrogens is 336 g/mol. The Morgan fingerprint density at radius 2 is 2.16 bits per heavy atom. The normalized spacial score (nSPS) is 14.2. The smallest absolute Gasteiger partial charge is 0.230 e. The molecular formula is C18H16N4O2S. The topological polar surface area (TPSA) is 75.2 Å². The number of carbonyl (C=O) groups excluding carboxylic acids is 2. The highest BCUT2D eigenvalue weighted by molar-refractivity contribution is 7.14. The molecule has 1 N–H and O–H groups in total. The van der Waals surface area contributed by atoms with E-state index in [1.54, 1.807) is 11.1 Å². The largest absolute Gasteiger partial charge is 0.324 e. The van der Waals surface area contributed by atoms with E-state index in [0.717, 1.165) is 17.3 Å². The molecule has 1 aliphatic heterocycles. The Labute approximate surface area is 148 Å². The number of carbonyl (C=O) groups is 2. The highest BCUT2D eigenvalue weighted by Crippen LogP contribution is 2.26. The number of nitrogens with one attached hydrogen (secondary N) is 1. The van der Waals surface area contributed by atoms with Crippen LogP contribution in [0, 0.1) is 0 Å². The fourth-order valence-corrected chi connectivity index (χ4v) is 3.78. The molecule has 25 heavy (non-hydrogen) atoms. The Balaban J connectivity index is 1.47. The fourth-order valence-electron chi connectivity index (χ4n) is 2.92. The highest BCUT2D eigenvalue weighted by atomic mass is 32.1. The molecule has 3 heterocycles. The van der Waals surface area contributed by atoms with E-state index in [9.17, 15) is 9.59 Å². The zero-order valence-corrected chi connectivity index (χ0v) is 14.3. The molecule has 7 heteroatoms. The first kappa shape index (κ1) is 15.7. The van der Waals surface area contributed by atoms with Crippen LogP contribution >= 0.6 is 11.3 Å². The molecule has 0 saturated carbocycles. The number of aromatic nitrogens is 2. The molecule has 0 aliphatic carbocycles. The lowest BCUT2D eigenvalue weighted by Gasteiger charge is -2.10. The summed E-state index contributed by atoms with van der Waals surface area (Å²) >= 11 is 1.40. The van der Waals surface area contributed by atoms with Crippen LogP contribution in [0.25, 0.3) is 10.9 Å². The third-order valence-corrected chi connectivity index (χ3v) is 5.00. The van der Waals surface area contributed by atoms with Crippen molar-refractivity contribution in [1.29, 1.82) is 0 Å². The minimum atomic E-state index is -0.150. The van der Waals surface area contributed by atoms with Gasteiger partial charge in [0.2, 0.25) is 11.8 Å². The lowest BCUT2D eigenvalue weighted by atomic mass is 10.2. The van der Waals surface area contributed by atoms with Crippen molar-refractivity contribution in [2.75, 3.05) is 16.8 Å². The van der Waals surface area contributed by atoms with Crippen molar-refractivity contribution < 1.29 is 9.59 Å². The van der Waals surface area contributed by atoms with Crippen molar-refractivity contribution in [1.82, 2.24) is 9.97 Å². The number of anilines is 2. The Hall–Kier alpha value is -2.80. The van der Waals surface area contributed by atoms with Gasteiger partial charge in [0.05, 0.1) is 23.3 Å². The third kappa shape index (κ3) is 3.23. The van der Waals surface area contributed by atoms with Crippen molar-refractivity contribution in [3.63, 3.8) is 0 Å². The van der Waals surface area contributed by atoms with Crippen molar-refractivity contribution in [3.8, 4) is 0 Å². The first-order valence-electron chi connectivity index (χ1n) is 8.09. The van der Waals surface area contributed by atoms with E-state index in [2.05, 4.69) is 15.3 Å². The average Bonchev–Trinajstić information content (AvgIpc) is 3.24. The summed E-state index contributed by atoms with van der Waals surface area (Å²) in [5.74, 6) is -0.0464. The molecule has 4 rings (SSSR count). The second-order valence-corrected chi connectivity index (χ2v) is 6.71. The number of nitrogens with zero attached hydrogens (tertiary/aromatic N) is 3. The van der Waals surface area contributed by atoms with Gasteiger partial charge in [-0.2, -0.15) is 0 Å². The number of amides is 2. The number of fused-ring (bicyclic) bond motifs is 1. The van der Waals surface area contributed by atoms with Gasteiger partial charge in [-0.25, -0.2) is 4.98 Å². The van der Waals surface area contributed by atoms with E-state index in [-0.39, 0.29) is 18.2 Å². The van der Waals surface area contributed by atoms with Crippen molar-refractivity contribution in [2.45, 2.75) is 19.3 Å². The summed E-state index contributed by atoms with van der Waals surface area (Å²) in [4.78, 5) is 34.6. The number of hydrogen-bond donors (Lipinski definition) is 1. The van der Waals surface area contributed by atoms with Gasteiger partial charge in [-0.3, -0.25) is 19.5 Å². The molecule has 1 saturated heterocycles. The summed E-state index contributed by atoms with van der Waals surface area (Å²) in [6.45, 7) is 0.708. The summed E-state index contributed by atoms with van der Waals surface area (Å²) in [5, 5.41) is 6.39. The molecule has 0 bridgehead atoms. The number of pyridine rings is 1. The lowest BCUT2D eigenvalue weighted by Crippen LogP contribution is -2.23. The maximum atomic E-state index is 12.4. The second-order valence-electron chi connectivity index (χ2n) is 5.88. The maximum Gasteiger partial charge on any atom is 0.230 e. The Bertz CT molecular complexity index is 948. The molecule has 0 radical (unpaired) electrons. The zero-order chi connectivity index (χ0) is 17.2. The van der Waals surface area contributed by atoms with Gasteiger partial charge in [0.15, 0.2) is 5.13 Å². The van der Waals surface area contributed by atoms with E-state index in [0.29, 0.717) is 29.5 Å². The molecule has 3 aromatic rings. The van der Waals surface area contributed by atoms with E-state index in [1.165, 1.54) is 11.3 Å². The molecule has 2 amide bonds. The SMILES string of the molecule is O=C(Cc1csc(N2CCCC2=O)n1)Nc1cccc2cccnc12. The van der Waals surface area contributed by atoms with Crippen LogP contribution < -0.4 is 10.2 Å². The van der Waals surface area contributed by atoms with Crippen molar-refractivity contribution in [2.24, 2.45) is 0 Å². The fraction of sp³-hybridized carbons (Fsp3) is 0.222. The van der Waals surface area contributed by atoms with Gasteiger partial charge in [0.25, 0.3) is 0 Å². The number of benzene rings is 1. The van der Waals surface area contributed by atoms with Gasteiger partial charge >= 0.3 is 0 Å². The Kier molecular flexibility index (Phi) is 4.15. The molecule has 6 nitrogen and oxygen atoms in total. The number of para-hydroxylation sites is 1. The van der Waals surface area contributed by atoms with Gasteiger partial charge in [-0.15, -0.1) is 11.3 Å². The molecule has 2 aromatic heterocycles. The van der Waals surface area contributed by atoms with E-state index >= 15 is 0 Å². The summed E-state index contributed by atoms with van der Waals surface area (Å²) in [7, 11) is 0. The van der Waals surface area contributed by atoms with Crippen LogP contribution in [-0.2, 0) is 16.0 Å². The van der Waals surface area contributed by atoms with E-state index in [1.807, 2.05) is 35.7 Å². The molecule has 1 fully saturated rings. The number of rotatable bonds is 4. The van der Waals surface area contributed by atoms with Crippen LogP contribution in [0.3, 0.4) is 0 Å². The molecule has 1 aliphatic rings. The summed E-state index contributed by atoms with van der Waals surface area (Å²) in [6, 6.07) is 9.50. The number of thiazole rings is 1. The predicted octanol–water partition coefficient (Wildman–Crippen LogP) is 3.00.